The molecule has 1 aromatic heterocycles. The number of rotatable bonds is 15. The third-order valence-electron chi connectivity index (χ3n) is 7.20. The molecule has 13 heteroatoms. The molecule has 3 aromatic carbocycles. The highest BCUT2D eigenvalue weighted by molar-refractivity contribution is 9.10. The SMILES string of the molecule is CCOC(=O)CC(=O)C(C)Br.COc1ccc(OC(=O)N(CC(=O)O)[C@@H](C)c2cccc(OCCc3nc(-c4ccccc4)oc3C)c2)cc1. The lowest BCUT2D eigenvalue weighted by Gasteiger charge is -2.27. The van der Waals surface area contributed by atoms with Crippen LogP contribution in [-0.4, -0.2) is 70.5 Å². The zero-order valence-corrected chi connectivity index (χ0v) is 30.2. The summed E-state index contributed by atoms with van der Waals surface area (Å²) in [4.78, 5) is 51.5. The average molecular weight is 754 g/mol. The molecule has 4 aromatic rings. The molecule has 1 unspecified atom stereocenters. The standard InChI is InChI=1S/C30H30N2O7.C7H11BrO3/c1-20(32(19-28(33)34)30(35)39-25-14-12-24(36-3)13-15-25)23-10-7-11-26(18-23)37-17-16-27-21(2)38-29(31-27)22-8-5-4-6-9-22;1-3-11-7(10)4-6(9)5(2)8/h4-15,18,20H,16-17,19H2,1-3H3,(H,33,34);5H,3-4H2,1-2H3/t20-;/m0./s1. The molecule has 0 saturated carbocycles. The lowest BCUT2D eigenvalue weighted by Crippen LogP contribution is -2.39. The molecule has 0 radical (unpaired) electrons. The fraction of sp³-hybridized carbons (Fsp3) is 0.324. The van der Waals surface area contributed by atoms with Gasteiger partial charge in [0.25, 0.3) is 0 Å². The van der Waals surface area contributed by atoms with E-state index in [9.17, 15) is 24.3 Å². The van der Waals surface area contributed by atoms with Crippen LogP contribution in [0.4, 0.5) is 4.79 Å². The second kappa shape index (κ2) is 19.7. The number of carbonyl (C=O) groups excluding carboxylic acids is 3. The second-order valence-corrected chi connectivity index (χ2v) is 12.2. The van der Waals surface area contributed by atoms with E-state index < -0.39 is 30.6 Å². The maximum absolute atomic E-state index is 12.9. The molecule has 2 atom stereocenters. The Bertz CT molecular complexity index is 1710. The number of hydrogen-bond donors (Lipinski definition) is 1. The van der Waals surface area contributed by atoms with Crippen LogP contribution in [0.25, 0.3) is 11.5 Å². The van der Waals surface area contributed by atoms with Crippen molar-refractivity contribution in [3.63, 3.8) is 0 Å². The lowest BCUT2D eigenvalue weighted by atomic mass is 10.1. The molecule has 266 valence electrons. The summed E-state index contributed by atoms with van der Waals surface area (Å²) >= 11 is 3.06. The normalized spacial score (nSPS) is 11.6. The Labute approximate surface area is 299 Å². The number of carboxylic acids is 1. The van der Waals surface area contributed by atoms with Crippen LogP contribution in [-0.2, 0) is 25.5 Å². The maximum atomic E-state index is 12.9. The first-order chi connectivity index (χ1) is 23.9. The molecule has 1 N–H and O–H groups in total. The molecule has 0 aliphatic carbocycles. The molecular formula is C37H41BrN2O10. The summed E-state index contributed by atoms with van der Waals surface area (Å²) in [7, 11) is 1.53. The Morgan fingerprint density at radius 2 is 1.62 bits per heavy atom. The van der Waals surface area contributed by atoms with Gasteiger partial charge in [0.05, 0.1) is 36.9 Å². The van der Waals surface area contributed by atoms with E-state index in [0.717, 1.165) is 21.9 Å². The van der Waals surface area contributed by atoms with Gasteiger partial charge < -0.3 is 28.5 Å². The van der Waals surface area contributed by atoms with Crippen LogP contribution < -0.4 is 14.2 Å². The van der Waals surface area contributed by atoms with E-state index in [2.05, 4.69) is 25.7 Å². The second-order valence-electron chi connectivity index (χ2n) is 10.9. The smallest absolute Gasteiger partial charge is 0.416 e. The number of aryl methyl sites for hydroxylation is 1. The maximum Gasteiger partial charge on any atom is 0.416 e. The zero-order valence-electron chi connectivity index (χ0n) is 28.6. The van der Waals surface area contributed by atoms with Gasteiger partial charge in [-0.2, -0.15) is 0 Å². The Morgan fingerprint density at radius 1 is 0.940 bits per heavy atom. The molecule has 1 heterocycles. The molecule has 0 aliphatic heterocycles. The number of amides is 1. The average Bonchev–Trinajstić information content (AvgIpc) is 3.47. The Morgan fingerprint density at radius 3 is 2.24 bits per heavy atom. The molecule has 1 amide bonds. The predicted octanol–water partition coefficient (Wildman–Crippen LogP) is 7.22. The van der Waals surface area contributed by atoms with Crippen LogP contribution in [0.2, 0.25) is 0 Å². The molecule has 4 rings (SSSR count). The van der Waals surface area contributed by atoms with Crippen LogP contribution in [0.5, 0.6) is 17.2 Å². The van der Waals surface area contributed by atoms with Crippen LogP contribution >= 0.6 is 15.9 Å². The van der Waals surface area contributed by atoms with Crippen LogP contribution in [0.1, 0.15) is 50.3 Å². The van der Waals surface area contributed by atoms with Crippen LogP contribution in [0.3, 0.4) is 0 Å². The van der Waals surface area contributed by atoms with E-state index in [0.29, 0.717) is 42.6 Å². The predicted molar refractivity (Wildman–Crippen MR) is 189 cm³/mol. The number of oxazole rings is 1. The van der Waals surface area contributed by atoms with Crippen molar-refractivity contribution in [3.8, 4) is 28.7 Å². The van der Waals surface area contributed by atoms with Gasteiger partial charge in [-0.3, -0.25) is 19.3 Å². The summed E-state index contributed by atoms with van der Waals surface area (Å²) < 4.78 is 26.9. The van der Waals surface area contributed by atoms with Crippen LogP contribution in [0.15, 0.2) is 83.3 Å². The highest BCUT2D eigenvalue weighted by atomic mass is 79.9. The Kier molecular flexibility index (Phi) is 15.5. The number of halogens is 1. The quantitative estimate of drug-likeness (QED) is 0.0744. The molecule has 0 fully saturated rings. The Hall–Kier alpha value is -5.17. The summed E-state index contributed by atoms with van der Waals surface area (Å²) in [5, 5.41) is 9.43. The third-order valence-corrected chi connectivity index (χ3v) is 7.71. The van der Waals surface area contributed by atoms with Crippen molar-refractivity contribution in [2.45, 2.75) is 51.4 Å². The molecule has 0 bridgehead atoms. The largest absolute Gasteiger partial charge is 0.497 e. The third kappa shape index (κ3) is 12.4. The molecular weight excluding hydrogens is 712 g/mol. The summed E-state index contributed by atoms with van der Waals surface area (Å²) in [6.07, 6.45) is -0.376. The number of methoxy groups -OCH3 is 1. The monoisotopic (exact) mass is 752 g/mol. The van der Waals surface area contributed by atoms with Gasteiger partial charge in [0.15, 0.2) is 5.78 Å². The minimum absolute atomic E-state index is 0.139. The number of carboxylic acid groups (broad SMARTS) is 1. The summed E-state index contributed by atoms with van der Waals surface area (Å²) in [6.45, 7) is 7.15. The van der Waals surface area contributed by atoms with Gasteiger partial charge in [0.2, 0.25) is 5.89 Å². The first kappa shape index (κ1) is 39.3. The highest BCUT2D eigenvalue weighted by Gasteiger charge is 2.26. The molecule has 0 aliphatic rings. The number of aromatic nitrogens is 1. The number of Topliss-reactive ketones (excluding diaryl/α,β-unsaturated/α-hetero) is 1. The van der Waals surface area contributed by atoms with Crippen molar-refractivity contribution in [1.29, 1.82) is 0 Å². The fourth-order valence-corrected chi connectivity index (χ4v) is 4.64. The van der Waals surface area contributed by atoms with Crippen molar-refractivity contribution in [2.24, 2.45) is 0 Å². The van der Waals surface area contributed by atoms with Crippen LogP contribution in [0, 0.1) is 6.92 Å². The van der Waals surface area contributed by atoms with Gasteiger partial charge >= 0.3 is 18.0 Å². The number of aliphatic carboxylic acids is 1. The number of ether oxygens (including phenoxy) is 4. The van der Waals surface area contributed by atoms with Crippen molar-refractivity contribution in [3.05, 3.63) is 95.9 Å². The minimum atomic E-state index is -1.15. The van der Waals surface area contributed by atoms with Gasteiger partial charge in [0, 0.05) is 12.0 Å². The molecule has 50 heavy (non-hydrogen) atoms. The van der Waals surface area contributed by atoms with E-state index in [1.54, 1.807) is 69.3 Å². The lowest BCUT2D eigenvalue weighted by molar-refractivity contribution is -0.145. The Balaban J connectivity index is 0.000000530. The first-order valence-corrected chi connectivity index (χ1v) is 16.7. The topological polar surface area (TPSA) is 155 Å². The van der Waals surface area contributed by atoms with E-state index in [4.69, 9.17) is 18.6 Å². The van der Waals surface area contributed by atoms with Gasteiger partial charge in [-0.25, -0.2) is 9.78 Å². The van der Waals surface area contributed by atoms with E-state index in [-0.39, 0.29) is 22.8 Å². The van der Waals surface area contributed by atoms with Gasteiger partial charge in [-0.05, 0) is 81.8 Å². The van der Waals surface area contributed by atoms with Crippen molar-refractivity contribution >= 4 is 39.7 Å². The number of esters is 1. The van der Waals surface area contributed by atoms with E-state index in [1.807, 2.05) is 37.3 Å². The fourth-order valence-electron chi connectivity index (χ4n) is 4.48. The van der Waals surface area contributed by atoms with Gasteiger partial charge in [-0.1, -0.05) is 46.3 Å². The zero-order chi connectivity index (χ0) is 36.6. The van der Waals surface area contributed by atoms with Gasteiger partial charge in [-0.15, -0.1) is 0 Å². The summed E-state index contributed by atoms with van der Waals surface area (Å²) in [6, 6.07) is 22.7. The number of nitrogens with zero attached hydrogens (tertiary/aromatic N) is 2. The summed E-state index contributed by atoms with van der Waals surface area (Å²) in [5.41, 5.74) is 2.42. The van der Waals surface area contributed by atoms with Crippen molar-refractivity contribution in [1.82, 2.24) is 9.88 Å². The number of ketones is 1. The van der Waals surface area contributed by atoms with Crippen molar-refractivity contribution in [2.75, 3.05) is 26.9 Å². The number of benzene rings is 3. The van der Waals surface area contributed by atoms with Crippen molar-refractivity contribution < 1.29 is 47.6 Å². The summed E-state index contributed by atoms with van der Waals surface area (Å²) in [5.74, 6) is 1.02. The number of hydrogen-bond acceptors (Lipinski definition) is 10. The first-order valence-electron chi connectivity index (χ1n) is 15.8. The number of alkyl halides is 1. The molecule has 0 spiro atoms. The van der Waals surface area contributed by atoms with E-state index in [1.165, 1.54) is 7.11 Å². The molecule has 0 saturated heterocycles. The van der Waals surface area contributed by atoms with Gasteiger partial charge in [0.1, 0.15) is 36.0 Å². The number of carbonyl (C=O) groups is 4. The minimum Gasteiger partial charge on any atom is -0.497 e. The van der Waals surface area contributed by atoms with E-state index >= 15 is 0 Å². The molecule has 12 nitrogen and oxygen atoms in total. The highest BCUT2D eigenvalue weighted by Crippen LogP contribution is 2.27.